The molecule has 0 unspecified atom stereocenters. The highest BCUT2D eigenvalue weighted by atomic mass is 33.1. The summed E-state index contributed by atoms with van der Waals surface area (Å²) < 4.78 is 22.8. The fourth-order valence-electron chi connectivity index (χ4n) is 0.743. The summed E-state index contributed by atoms with van der Waals surface area (Å²) in [5.74, 6) is 0. The first-order valence-corrected chi connectivity index (χ1v) is 6.54. The Morgan fingerprint density at radius 1 is 1.31 bits per heavy atom. The second kappa shape index (κ2) is 4.08. The molecular weight excluding hydrogens is 226 g/mol. The maximum absolute atomic E-state index is 11.4. The summed E-state index contributed by atoms with van der Waals surface area (Å²) in [5.41, 5.74) is 5.13. The van der Waals surface area contributed by atoms with Crippen LogP contribution in [-0.4, -0.2) is 12.7 Å². The van der Waals surface area contributed by atoms with Crippen molar-refractivity contribution in [2.24, 2.45) is 5.73 Å². The topological polar surface area (TPSA) is 60.2 Å². The Bertz CT molecular complexity index is 399. The van der Waals surface area contributed by atoms with Crippen LogP contribution in [0.1, 0.15) is 0 Å². The van der Waals surface area contributed by atoms with Crippen molar-refractivity contribution in [3.63, 3.8) is 0 Å². The van der Waals surface area contributed by atoms with Crippen molar-refractivity contribution >= 4 is 36.2 Å². The molecule has 1 aromatic rings. The highest BCUT2D eigenvalue weighted by Gasteiger charge is 2.15. The van der Waals surface area contributed by atoms with Gasteiger partial charge in [-0.1, -0.05) is 30.4 Å². The highest BCUT2D eigenvalue weighted by molar-refractivity contribution is 8.79. The lowest BCUT2D eigenvalue weighted by molar-refractivity contribution is 0.610. The van der Waals surface area contributed by atoms with Gasteiger partial charge in [-0.15, -0.1) is 0 Å². The van der Waals surface area contributed by atoms with E-state index in [-0.39, 0.29) is 9.22 Å². The predicted octanol–water partition coefficient (Wildman–Crippen LogP) is 1.35. The lowest BCUT2D eigenvalue weighted by Gasteiger charge is -2.00. The molecule has 0 heterocycles. The van der Waals surface area contributed by atoms with E-state index in [1.165, 1.54) is 12.1 Å². The predicted molar refractivity (Wildman–Crippen MR) is 58.0 cm³/mol. The molecule has 0 spiro atoms. The Kier molecular flexibility index (Phi) is 3.29. The van der Waals surface area contributed by atoms with Crippen LogP contribution in [0.2, 0.25) is 0 Å². The second-order valence-corrected chi connectivity index (χ2v) is 6.67. The van der Waals surface area contributed by atoms with E-state index in [4.69, 9.17) is 5.73 Å². The average molecular weight is 233 g/mol. The molecule has 70 valence electrons. The molecular formula is C7H7NO2S3. The molecule has 0 aliphatic carbocycles. The summed E-state index contributed by atoms with van der Waals surface area (Å²) in [6.07, 6.45) is 0. The molecule has 0 radical (unpaired) electrons. The fourth-order valence-corrected chi connectivity index (χ4v) is 3.62. The summed E-state index contributed by atoms with van der Waals surface area (Å²) in [7, 11) is -2.92. The van der Waals surface area contributed by atoms with Crippen LogP contribution in [0.25, 0.3) is 0 Å². The summed E-state index contributed by atoms with van der Waals surface area (Å²) >= 11 is 4.51. The van der Waals surface area contributed by atoms with E-state index in [2.05, 4.69) is 12.2 Å². The number of thiocarbonyl (C=S) groups is 1. The van der Waals surface area contributed by atoms with E-state index in [1.807, 2.05) is 0 Å². The number of benzene rings is 1. The van der Waals surface area contributed by atoms with Gasteiger partial charge < -0.3 is 5.73 Å². The zero-order valence-electron chi connectivity index (χ0n) is 6.51. The first-order chi connectivity index (χ1) is 6.02. The minimum atomic E-state index is -3.41. The van der Waals surface area contributed by atoms with Gasteiger partial charge in [0.25, 0.3) is 0 Å². The Morgan fingerprint density at radius 2 is 1.85 bits per heavy atom. The first-order valence-electron chi connectivity index (χ1n) is 3.31. The normalized spacial score (nSPS) is 11.1. The van der Waals surface area contributed by atoms with Gasteiger partial charge in [-0.3, -0.25) is 0 Å². The first kappa shape index (κ1) is 10.5. The van der Waals surface area contributed by atoms with Gasteiger partial charge in [-0.2, -0.15) is 0 Å². The minimum absolute atomic E-state index is 0.0937. The minimum Gasteiger partial charge on any atom is -0.384 e. The van der Waals surface area contributed by atoms with Crippen LogP contribution in [0.15, 0.2) is 35.2 Å². The van der Waals surface area contributed by atoms with Gasteiger partial charge in [0.15, 0.2) is 0 Å². The van der Waals surface area contributed by atoms with Gasteiger partial charge >= 0.3 is 0 Å². The molecule has 2 N–H and O–H groups in total. The molecule has 0 fully saturated rings. The molecule has 0 aliphatic rings. The molecule has 0 amide bonds. The number of hydrogen-bond acceptors (Lipinski definition) is 4. The third kappa shape index (κ3) is 2.98. The number of nitrogens with two attached hydrogens (primary N) is 1. The summed E-state index contributed by atoms with van der Waals surface area (Å²) in [6.45, 7) is 0. The maximum atomic E-state index is 11.4. The van der Waals surface area contributed by atoms with E-state index in [0.717, 1.165) is 0 Å². The molecule has 0 atom stereocenters. The molecule has 3 nitrogen and oxygen atoms in total. The quantitative estimate of drug-likeness (QED) is 0.617. The van der Waals surface area contributed by atoms with Crippen LogP contribution in [-0.2, 0) is 8.87 Å². The van der Waals surface area contributed by atoms with Crippen molar-refractivity contribution < 1.29 is 8.42 Å². The van der Waals surface area contributed by atoms with Crippen molar-refractivity contribution in [3.8, 4) is 0 Å². The highest BCUT2D eigenvalue weighted by Crippen LogP contribution is 2.22. The largest absolute Gasteiger partial charge is 0.384 e. The fraction of sp³-hybridized carbons (Fsp3) is 0. The molecule has 0 aliphatic heterocycles. The van der Waals surface area contributed by atoms with Crippen LogP contribution < -0.4 is 5.73 Å². The molecule has 0 saturated heterocycles. The lowest BCUT2D eigenvalue weighted by Crippen LogP contribution is -2.07. The van der Waals surface area contributed by atoms with Crippen molar-refractivity contribution in [3.05, 3.63) is 30.3 Å². The van der Waals surface area contributed by atoms with E-state index < -0.39 is 8.87 Å². The maximum Gasteiger partial charge on any atom is 0.236 e. The molecule has 0 saturated carbocycles. The zero-order chi connectivity index (χ0) is 9.90. The second-order valence-electron chi connectivity index (χ2n) is 2.17. The van der Waals surface area contributed by atoms with E-state index >= 15 is 0 Å². The molecule has 0 aromatic heterocycles. The average Bonchev–Trinajstić information content (AvgIpc) is 2.04. The van der Waals surface area contributed by atoms with Crippen LogP contribution in [0.4, 0.5) is 0 Å². The van der Waals surface area contributed by atoms with Crippen LogP contribution >= 0.6 is 23.0 Å². The third-order valence-corrected chi connectivity index (χ3v) is 4.80. The Labute approximate surface area is 85.6 Å². The Balaban J connectivity index is 3.02. The van der Waals surface area contributed by atoms with Crippen LogP contribution in [0.5, 0.6) is 0 Å². The van der Waals surface area contributed by atoms with Crippen LogP contribution in [0.3, 0.4) is 0 Å². The Hall–Kier alpha value is -0.590. The van der Waals surface area contributed by atoms with Gasteiger partial charge in [0.2, 0.25) is 8.87 Å². The molecule has 1 rings (SSSR count). The van der Waals surface area contributed by atoms with Crippen molar-refractivity contribution in [1.29, 1.82) is 0 Å². The molecule has 13 heavy (non-hydrogen) atoms. The van der Waals surface area contributed by atoms with Crippen molar-refractivity contribution in [2.75, 3.05) is 0 Å². The lowest BCUT2D eigenvalue weighted by atomic mass is 10.4. The smallest absolute Gasteiger partial charge is 0.236 e. The van der Waals surface area contributed by atoms with Gasteiger partial charge in [-0.25, -0.2) is 8.42 Å². The zero-order valence-corrected chi connectivity index (χ0v) is 8.95. The van der Waals surface area contributed by atoms with E-state index in [0.29, 0.717) is 10.8 Å². The van der Waals surface area contributed by atoms with E-state index in [9.17, 15) is 8.42 Å². The Morgan fingerprint density at radius 3 is 2.31 bits per heavy atom. The van der Waals surface area contributed by atoms with Crippen LogP contribution in [0, 0.1) is 0 Å². The van der Waals surface area contributed by atoms with Crippen molar-refractivity contribution in [1.82, 2.24) is 0 Å². The molecule has 0 bridgehead atoms. The van der Waals surface area contributed by atoms with E-state index in [1.54, 1.807) is 18.2 Å². The van der Waals surface area contributed by atoms with Crippen molar-refractivity contribution in [2.45, 2.75) is 4.90 Å². The summed E-state index contributed by atoms with van der Waals surface area (Å²) in [5, 5.41) is 0. The summed E-state index contributed by atoms with van der Waals surface area (Å²) in [4.78, 5) is 0.216. The van der Waals surface area contributed by atoms with Gasteiger partial charge in [0, 0.05) is 10.8 Å². The number of rotatable bonds is 2. The molecule has 1 aromatic carbocycles. The third-order valence-electron chi connectivity index (χ3n) is 1.22. The monoisotopic (exact) mass is 233 g/mol. The van der Waals surface area contributed by atoms with Gasteiger partial charge in [0.05, 0.1) is 4.90 Å². The number of hydrogen-bond donors (Lipinski definition) is 1. The van der Waals surface area contributed by atoms with Gasteiger partial charge in [0.1, 0.15) is 4.32 Å². The van der Waals surface area contributed by atoms with Gasteiger partial charge in [-0.05, 0) is 12.1 Å². The SMILES string of the molecule is NC(=S)SS(=O)(=O)c1ccccc1. The molecule has 6 heteroatoms. The standard InChI is InChI=1S/C7H7NO2S3/c8-7(11)12-13(9,10)6-4-2-1-3-5-6/h1-5H,(H2,8,11). The summed E-state index contributed by atoms with van der Waals surface area (Å²) in [6, 6.07) is 8.03.